The average Bonchev–Trinajstić information content (AvgIpc) is 2.77. The molecule has 1 unspecified atom stereocenters. The van der Waals surface area contributed by atoms with Crippen LogP contribution in [0.15, 0.2) is 29.6 Å². The van der Waals surface area contributed by atoms with Crippen LogP contribution < -0.4 is 0 Å². The molecule has 0 bridgehead atoms. The molecule has 5 heteroatoms. The maximum absolute atomic E-state index is 13.1. The Kier molecular flexibility index (Phi) is 3.72. The molecule has 0 saturated heterocycles. The lowest BCUT2D eigenvalue weighted by atomic mass is 10.1. The topological polar surface area (TPSA) is 50.2 Å². The van der Waals surface area contributed by atoms with Crippen molar-refractivity contribution in [2.24, 2.45) is 0 Å². The molecule has 0 aliphatic carbocycles. The van der Waals surface area contributed by atoms with Crippen LogP contribution in [-0.4, -0.2) is 16.1 Å². The number of carbonyl (C=O) groups is 1. The Balaban J connectivity index is 2.22. The van der Waals surface area contributed by atoms with Gasteiger partial charge in [0.2, 0.25) is 0 Å². The number of rotatable bonds is 4. The molecule has 0 radical (unpaired) electrons. The number of carboxylic acids is 1. The summed E-state index contributed by atoms with van der Waals surface area (Å²) in [7, 11) is 0. The quantitative estimate of drug-likeness (QED) is 0.920. The van der Waals surface area contributed by atoms with Gasteiger partial charge < -0.3 is 5.11 Å². The van der Waals surface area contributed by atoms with Gasteiger partial charge in [0.25, 0.3) is 0 Å². The summed E-state index contributed by atoms with van der Waals surface area (Å²) >= 11 is 1.40. The van der Waals surface area contributed by atoms with Crippen molar-refractivity contribution in [1.82, 2.24) is 4.98 Å². The van der Waals surface area contributed by atoms with Gasteiger partial charge in [-0.3, -0.25) is 4.79 Å². The highest BCUT2D eigenvalue weighted by Crippen LogP contribution is 2.28. The van der Waals surface area contributed by atoms with Gasteiger partial charge in [0.1, 0.15) is 10.8 Å². The summed E-state index contributed by atoms with van der Waals surface area (Å²) in [5.41, 5.74) is 1.45. The van der Waals surface area contributed by atoms with Crippen molar-refractivity contribution in [3.63, 3.8) is 0 Å². The Hall–Kier alpha value is -1.75. The van der Waals surface area contributed by atoms with Crippen molar-refractivity contribution in [2.45, 2.75) is 19.3 Å². The van der Waals surface area contributed by atoms with Crippen molar-refractivity contribution in [1.29, 1.82) is 0 Å². The molecule has 0 aliphatic heterocycles. The molecule has 1 aromatic carbocycles. The molecule has 0 aliphatic rings. The molecule has 1 N–H and O–H groups in total. The van der Waals surface area contributed by atoms with E-state index < -0.39 is 5.97 Å². The van der Waals surface area contributed by atoms with Crippen molar-refractivity contribution < 1.29 is 14.3 Å². The first-order valence-corrected chi connectivity index (χ1v) is 6.37. The van der Waals surface area contributed by atoms with Gasteiger partial charge in [-0.1, -0.05) is 19.1 Å². The summed E-state index contributed by atoms with van der Waals surface area (Å²) in [6, 6.07) is 6.22. The van der Waals surface area contributed by atoms with E-state index in [0.717, 1.165) is 5.69 Å². The molecule has 0 amide bonds. The lowest BCUT2D eigenvalue weighted by Gasteiger charge is -2.03. The molecule has 2 aromatic rings. The van der Waals surface area contributed by atoms with Gasteiger partial charge in [-0.2, -0.15) is 0 Å². The molecule has 2 rings (SSSR count). The van der Waals surface area contributed by atoms with Crippen molar-refractivity contribution >= 4 is 17.3 Å². The van der Waals surface area contributed by atoms with Crippen molar-refractivity contribution in [3.05, 3.63) is 41.2 Å². The Bertz CT molecular complexity index is 568. The van der Waals surface area contributed by atoms with E-state index in [-0.39, 0.29) is 18.2 Å². The lowest BCUT2D eigenvalue weighted by Crippen LogP contribution is -2.03. The first kappa shape index (κ1) is 12.7. The highest BCUT2D eigenvalue weighted by atomic mass is 32.1. The van der Waals surface area contributed by atoms with Crippen LogP contribution in [0.4, 0.5) is 4.39 Å². The van der Waals surface area contributed by atoms with E-state index in [1.807, 2.05) is 12.3 Å². The molecule has 3 nitrogen and oxygen atoms in total. The minimum Gasteiger partial charge on any atom is -0.481 e. The van der Waals surface area contributed by atoms with E-state index in [2.05, 4.69) is 4.98 Å². The first-order chi connectivity index (χ1) is 8.56. The number of carboxylic acid groups (broad SMARTS) is 1. The predicted octanol–water partition coefficient (Wildman–Crippen LogP) is 3.53. The van der Waals surface area contributed by atoms with E-state index in [9.17, 15) is 9.18 Å². The number of aliphatic carboxylic acids is 1. The number of halogens is 1. The summed E-state index contributed by atoms with van der Waals surface area (Å²) in [6.07, 6.45) is 0.0479. The van der Waals surface area contributed by atoms with Gasteiger partial charge in [0, 0.05) is 16.9 Å². The first-order valence-electron chi connectivity index (χ1n) is 5.49. The molecule has 18 heavy (non-hydrogen) atoms. The molecular formula is C13H12FNO2S. The van der Waals surface area contributed by atoms with Crippen LogP contribution in [-0.2, 0) is 4.79 Å². The number of aromatic nitrogens is 1. The van der Waals surface area contributed by atoms with Crippen LogP contribution in [0.1, 0.15) is 25.0 Å². The van der Waals surface area contributed by atoms with Gasteiger partial charge >= 0.3 is 5.97 Å². The maximum atomic E-state index is 13.1. The van der Waals surface area contributed by atoms with E-state index in [4.69, 9.17) is 5.11 Å². The van der Waals surface area contributed by atoms with E-state index in [0.29, 0.717) is 10.6 Å². The fraction of sp³-hybridized carbons (Fsp3) is 0.231. The zero-order valence-electron chi connectivity index (χ0n) is 9.76. The molecule has 1 atom stereocenters. The molecular weight excluding hydrogens is 253 g/mol. The predicted molar refractivity (Wildman–Crippen MR) is 68.2 cm³/mol. The number of nitrogens with zero attached hydrogens (tertiary/aromatic N) is 1. The Morgan fingerprint density at radius 1 is 1.56 bits per heavy atom. The SMILES string of the molecule is CC(CC(=O)O)c1csc(-c2cccc(F)c2)n1. The van der Waals surface area contributed by atoms with Crippen molar-refractivity contribution in [2.75, 3.05) is 0 Å². The Labute approximate surface area is 108 Å². The zero-order valence-corrected chi connectivity index (χ0v) is 10.6. The van der Waals surface area contributed by atoms with Gasteiger partial charge in [-0.05, 0) is 12.1 Å². The van der Waals surface area contributed by atoms with Crippen LogP contribution in [0.5, 0.6) is 0 Å². The van der Waals surface area contributed by atoms with Crippen molar-refractivity contribution in [3.8, 4) is 10.6 Å². The third kappa shape index (κ3) is 2.92. The fourth-order valence-electron chi connectivity index (χ4n) is 1.63. The van der Waals surface area contributed by atoms with Gasteiger partial charge in [-0.25, -0.2) is 9.37 Å². The number of thiazole rings is 1. The molecule has 0 saturated carbocycles. The minimum absolute atomic E-state index is 0.0479. The van der Waals surface area contributed by atoms with Gasteiger partial charge in [0.05, 0.1) is 12.1 Å². The van der Waals surface area contributed by atoms with Crippen LogP contribution in [0.25, 0.3) is 10.6 Å². The summed E-state index contributed by atoms with van der Waals surface area (Å²) in [5, 5.41) is 11.3. The van der Waals surface area contributed by atoms with E-state index in [1.54, 1.807) is 12.1 Å². The Morgan fingerprint density at radius 3 is 3.00 bits per heavy atom. The monoisotopic (exact) mass is 265 g/mol. The molecule has 0 fully saturated rings. The maximum Gasteiger partial charge on any atom is 0.304 e. The summed E-state index contributed by atoms with van der Waals surface area (Å²) in [5.74, 6) is -1.29. The molecule has 1 heterocycles. The second kappa shape index (κ2) is 5.27. The standard InChI is InChI=1S/C13H12FNO2S/c1-8(5-12(16)17)11-7-18-13(15-11)9-3-2-4-10(14)6-9/h2-4,6-8H,5H2,1H3,(H,16,17). The summed E-state index contributed by atoms with van der Waals surface area (Å²) in [6.45, 7) is 1.82. The third-order valence-electron chi connectivity index (χ3n) is 2.58. The van der Waals surface area contributed by atoms with Gasteiger partial charge in [0.15, 0.2) is 0 Å². The zero-order chi connectivity index (χ0) is 13.1. The van der Waals surface area contributed by atoms with Crippen LogP contribution >= 0.6 is 11.3 Å². The highest BCUT2D eigenvalue weighted by molar-refractivity contribution is 7.13. The Morgan fingerprint density at radius 2 is 2.33 bits per heavy atom. The lowest BCUT2D eigenvalue weighted by molar-refractivity contribution is -0.137. The largest absolute Gasteiger partial charge is 0.481 e. The normalized spacial score (nSPS) is 12.3. The molecule has 0 spiro atoms. The van der Waals surface area contributed by atoms with Crippen LogP contribution in [0.2, 0.25) is 0 Å². The van der Waals surface area contributed by atoms with Crippen LogP contribution in [0.3, 0.4) is 0 Å². The molecule has 1 aromatic heterocycles. The average molecular weight is 265 g/mol. The smallest absolute Gasteiger partial charge is 0.304 e. The summed E-state index contributed by atoms with van der Waals surface area (Å²) in [4.78, 5) is 15.0. The number of hydrogen-bond donors (Lipinski definition) is 1. The van der Waals surface area contributed by atoms with Gasteiger partial charge in [-0.15, -0.1) is 11.3 Å². The second-order valence-corrected chi connectivity index (χ2v) is 4.94. The number of benzene rings is 1. The van der Waals surface area contributed by atoms with E-state index >= 15 is 0 Å². The number of hydrogen-bond acceptors (Lipinski definition) is 3. The fourth-order valence-corrected chi connectivity index (χ4v) is 2.57. The molecule has 94 valence electrons. The third-order valence-corrected chi connectivity index (χ3v) is 3.49. The summed E-state index contributed by atoms with van der Waals surface area (Å²) < 4.78 is 13.1. The van der Waals surface area contributed by atoms with E-state index in [1.165, 1.54) is 23.5 Å². The second-order valence-electron chi connectivity index (χ2n) is 4.09. The minimum atomic E-state index is -0.845. The van der Waals surface area contributed by atoms with Crippen LogP contribution in [0, 0.1) is 5.82 Å². The highest BCUT2D eigenvalue weighted by Gasteiger charge is 2.14.